The van der Waals surface area contributed by atoms with E-state index in [9.17, 15) is 4.79 Å². The normalized spacial score (nSPS) is 10.1. The maximum absolute atomic E-state index is 12.2. The van der Waals surface area contributed by atoms with Gasteiger partial charge in [-0.1, -0.05) is 6.92 Å². The third-order valence-corrected chi connectivity index (χ3v) is 3.07. The van der Waals surface area contributed by atoms with Gasteiger partial charge in [0.05, 0.1) is 11.3 Å². The smallest absolute Gasteiger partial charge is 0.260 e. The van der Waals surface area contributed by atoms with E-state index in [1.807, 2.05) is 6.07 Å². The first-order valence-corrected chi connectivity index (χ1v) is 7.11. The molecule has 6 heteroatoms. The van der Waals surface area contributed by atoms with Gasteiger partial charge in [-0.2, -0.15) is 0 Å². The summed E-state index contributed by atoms with van der Waals surface area (Å²) >= 11 is 3.30. The van der Waals surface area contributed by atoms with Crippen LogP contribution in [-0.4, -0.2) is 22.4 Å². The van der Waals surface area contributed by atoms with Crippen molar-refractivity contribution in [3.8, 4) is 0 Å². The van der Waals surface area contributed by atoms with Crippen LogP contribution in [0.2, 0.25) is 0 Å². The summed E-state index contributed by atoms with van der Waals surface area (Å²) in [6, 6.07) is 5.35. The average Bonchev–Trinajstić information content (AvgIpc) is 2.47. The van der Waals surface area contributed by atoms with Crippen LogP contribution in [0, 0.1) is 0 Å². The van der Waals surface area contributed by atoms with Crippen LogP contribution < -0.4 is 10.6 Å². The molecule has 0 bridgehead atoms. The van der Waals surface area contributed by atoms with Crippen molar-refractivity contribution in [1.29, 1.82) is 0 Å². The molecule has 0 saturated heterocycles. The van der Waals surface area contributed by atoms with Crippen LogP contribution in [0.15, 0.2) is 41.3 Å². The van der Waals surface area contributed by atoms with Crippen LogP contribution in [-0.2, 0) is 0 Å². The minimum atomic E-state index is -0.230. The first-order valence-electron chi connectivity index (χ1n) is 6.31. The predicted octanol–water partition coefficient (Wildman–Crippen LogP) is 3.31. The summed E-state index contributed by atoms with van der Waals surface area (Å²) in [4.78, 5) is 20.4. The van der Waals surface area contributed by atoms with Crippen molar-refractivity contribution in [1.82, 2.24) is 9.97 Å². The van der Waals surface area contributed by atoms with Gasteiger partial charge >= 0.3 is 0 Å². The number of carbonyl (C=O) groups excluding carboxylic acids is 1. The molecule has 0 aliphatic carbocycles. The lowest BCUT2D eigenvalue weighted by atomic mass is 10.2. The largest absolute Gasteiger partial charge is 0.384 e. The Morgan fingerprint density at radius 2 is 2.15 bits per heavy atom. The number of carbonyl (C=O) groups is 1. The number of halogens is 1. The number of hydrogen-bond donors (Lipinski definition) is 2. The standard InChI is InChI=1S/C14H15BrN4O/c1-2-6-17-12-5-7-16-9-11(12)14(20)19-13-4-3-10(15)8-18-13/h3-5,7-9H,2,6H2,1H3,(H,16,17)(H,18,19,20). The summed E-state index contributed by atoms with van der Waals surface area (Å²) in [7, 11) is 0. The Labute approximate surface area is 126 Å². The van der Waals surface area contributed by atoms with Gasteiger partial charge in [0.15, 0.2) is 0 Å². The van der Waals surface area contributed by atoms with Gasteiger partial charge in [-0.15, -0.1) is 0 Å². The minimum Gasteiger partial charge on any atom is -0.384 e. The summed E-state index contributed by atoms with van der Waals surface area (Å²) in [5, 5.41) is 5.96. The van der Waals surface area contributed by atoms with E-state index < -0.39 is 0 Å². The van der Waals surface area contributed by atoms with Crippen LogP contribution in [0.4, 0.5) is 11.5 Å². The van der Waals surface area contributed by atoms with Crippen LogP contribution in [0.1, 0.15) is 23.7 Å². The van der Waals surface area contributed by atoms with Gasteiger partial charge in [0.1, 0.15) is 5.82 Å². The van der Waals surface area contributed by atoms with Gasteiger partial charge in [0.2, 0.25) is 0 Å². The molecule has 20 heavy (non-hydrogen) atoms. The zero-order valence-electron chi connectivity index (χ0n) is 11.1. The second kappa shape index (κ2) is 7.00. The molecule has 0 radical (unpaired) electrons. The average molecular weight is 335 g/mol. The lowest BCUT2D eigenvalue weighted by Gasteiger charge is -2.10. The van der Waals surface area contributed by atoms with Gasteiger partial charge in [-0.25, -0.2) is 4.98 Å². The lowest BCUT2D eigenvalue weighted by molar-refractivity contribution is 0.102. The fraction of sp³-hybridized carbons (Fsp3) is 0.214. The highest BCUT2D eigenvalue weighted by Gasteiger charge is 2.11. The second-order valence-corrected chi connectivity index (χ2v) is 5.08. The van der Waals surface area contributed by atoms with E-state index in [1.54, 1.807) is 30.7 Å². The molecule has 2 aromatic heterocycles. The quantitative estimate of drug-likeness (QED) is 0.880. The molecule has 5 nitrogen and oxygen atoms in total. The number of pyridine rings is 2. The van der Waals surface area contributed by atoms with Crippen molar-refractivity contribution < 1.29 is 4.79 Å². The monoisotopic (exact) mass is 334 g/mol. The van der Waals surface area contributed by atoms with E-state index in [2.05, 4.69) is 43.5 Å². The molecule has 0 atom stereocenters. The van der Waals surface area contributed by atoms with Crippen molar-refractivity contribution in [2.45, 2.75) is 13.3 Å². The van der Waals surface area contributed by atoms with Crippen molar-refractivity contribution in [2.75, 3.05) is 17.2 Å². The van der Waals surface area contributed by atoms with Gasteiger partial charge in [-0.05, 0) is 40.5 Å². The molecule has 0 unspecified atom stereocenters. The molecule has 2 rings (SSSR count). The number of rotatable bonds is 5. The van der Waals surface area contributed by atoms with Crippen molar-refractivity contribution in [3.05, 3.63) is 46.8 Å². The molecule has 0 saturated carbocycles. The topological polar surface area (TPSA) is 66.9 Å². The highest BCUT2D eigenvalue weighted by molar-refractivity contribution is 9.10. The Morgan fingerprint density at radius 1 is 1.30 bits per heavy atom. The number of aromatic nitrogens is 2. The van der Waals surface area contributed by atoms with Crippen LogP contribution in [0.25, 0.3) is 0 Å². The number of hydrogen-bond acceptors (Lipinski definition) is 4. The van der Waals surface area contributed by atoms with Gasteiger partial charge in [-0.3, -0.25) is 9.78 Å². The molecular weight excluding hydrogens is 320 g/mol. The summed E-state index contributed by atoms with van der Waals surface area (Å²) in [5.74, 6) is 0.273. The van der Waals surface area contributed by atoms with Crippen molar-refractivity contribution in [3.63, 3.8) is 0 Å². The van der Waals surface area contributed by atoms with E-state index in [-0.39, 0.29) is 5.91 Å². The molecule has 0 aliphatic rings. The highest BCUT2D eigenvalue weighted by atomic mass is 79.9. The summed E-state index contributed by atoms with van der Waals surface area (Å²) in [6.07, 6.45) is 5.82. The Hall–Kier alpha value is -1.95. The summed E-state index contributed by atoms with van der Waals surface area (Å²) in [6.45, 7) is 2.88. The third-order valence-electron chi connectivity index (χ3n) is 2.60. The minimum absolute atomic E-state index is 0.230. The molecule has 1 amide bonds. The first kappa shape index (κ1) is 14.5. The molecule has 2 N–H and O–H groups in total. The van der Waals surface area contributed by atoms with E-state index in [0.29, 0.717) is 11.4 Å². The zero-order chi connectivity index (χ0) is 14.4. The fourth-order valence-corrected chi connectivity index (χ4v) is 1.86. The number of nitrogens with zero attached hydrogens (tertiary/aromatic N) is 2. The lowest BCUT2D eigenvalue weighted by Crippen LogP contribution is -2.16. The molecule has 2 heterocycles. The summed E-state index contributed by atoms with van der Waals surface area (Å²) in [5.41, 5.74) is 1.28. The van der Waals surface area contributed by atoms with E-state index in [4.69, 9.17) is 0 Å². The molecule has 104 valence electrons. The Balaban J connectivity index is 2.14. The van der Waals surface area contributed by atoms with Crippen LogP contribution >= 0.6 is 15.9 Å². The van der Waals surface area contributed by atoms with E-state index in [0.717, 1.165) is 23.1 Å². The number of amides is 1. The van der Waals surface area contributed by atoms with Crippen molar-refractivity contribution in [2.24, 2.45) is 0 Å². The number of nitrogens with one attached hydrogen (secondary N) is 2. The predicted molar refractivity (Wildman–Crippen MR) is 82.9 cm³/mol. The molecule has 2 aromatic rings. The molecule has 0 spiro atoms. The molecular formula is C14H15BrN4O. The summed E-state index contributed by atoms with van der Waals surface area (Å²) < 4.78 is 0.863. The Kier molecular flexibility index (Phi) is 5.06. The zero-order valence-corrected chi connectivity index (χ0v) is 12.6. The van der Waals surface area contributed by atoms with Crippen LogP contribution in [0.3, 0.4) is 0 Å². The Bertz CT molecular complexity index is 586. The SMILES string of the molecule is CCCNc1ccncc1C(=O)Nc1ccc(Br)cn1. The van der Waals surface area contributed by atoms with E-state index in [1.165, 1.54) is 0 Å². The number of anilines is 2. The molecule has 0 fully saturated rings. The molecule has 0 aromatic carbocycles. The van der Waals surface area contributed by atoms with Crippen molar-refractivity contribution >= 4 is 33.3 Å². The maximum Gasteiger partial charge on any atom is 0.260 e. The van der Waals surface area contributed by atoms with Gasteiger partial charge < -0.3 is 10.6 Å². The Morgan fingerprint density at radius 3 is 2.85 bits per heavy atom. The van der Waals surface area contributed by atoms with E-state index >= 15 is 0 Å². The van der Waals surface area contributed by atoms with Crippen LogP contribution in [0.5, 0.6) is 0 Å². The first-order chi connectivity index (χ1) is 9.70. The second-order valence-electron chi connectivity index (χ2n) is 4.16. The maximum atomic E-state index is 12.2. The highest BCUT2D eigenvalue weighted by Crippen LogP contribution is 2.16. The molecule has 0 aliphatic heterocycles. The van der Waals surface area contributed by atoms with Gasteiger partial charge in [0, 0.05) is 29.6 Å². The van der Waals surface area contributed by atoms with Gasteiger partial charge in [0.25, 0.3) is 5.91 Å². The third kappa shape index (κ3) is 3.77. The fourth-order valence-electron chi connectivity index (χ4n) is 1.62.